The van der Waals surface area contributed by atoms with Gasteiger partial charge < -0.3 is 15.4 Å². The second-order valence-corrected chi connectivity index (χ2v) is 8.61. The van der Waals surface area contributed by atoms with E-state index in [1.165, 1.54) is 0 Å². The van der Waals surface area contributed by atoms with Crippen molar-refractivity contribution in [1.29, 1.82) is 0 Å². The molecule has 3 aliphatic rings. The summed E-state index contributed by atoms with van der Waals surface area (Å²) in [6.07, 6.45) is 1.00. The molecule has 2 fully saturated rings. The van der Waals surface area contributed by atoms with Gasteiger partial charge in [-0.15, -0.1) is 0 Å². The van der Waals surface area contributed by atoms with E-state index in [0.29, 0.717) is 54.9 Å². The minimum Gasteiger partial charge on any atom is -0.447 e. The molecule has 8 heteroatoms. The SMILES string of the molecule is CC(C(=O)Nc1cccc2c1C(=O)c1ccccc1C2=O)N1CCC2(CC1)COC(=O)N2. The van der Waals surface area contributed by atoms with Crippen LogP contribution in [0.5, 0.6) is 0 Å². The van der Waals surface area contributed by atoms with Crippen LogP contribution in [0.15, 0.2) is 42.5 Å². The Bertz CT molecular complexity index is 1150. The summed E-state index contributed by atoms with van der Waals surface area (Å²) in [5.74, 6) is -0.739. The summed E-state index contributed by atoms with van der Waals surface area (Å²) in [4.78, 5) is 52.6. The van der Waals surface area contributed by atoms with Gasteiger partial charge in [0.2, 0.25) is 5.91 Å². The van der Waals surface area contributed by atoms with Gasteiger partial charge in [-0.1, -0.05) is 36.4 Å². The lowest BCUT2D eigenvalue weighted by molar-refractivity contribution is -0.121. The van der Waals surface area contributed by atoms with E-state index >= 15 is 0 Å². The van der Waals surface area contributed by atoms with Crippen LogP contribution in [-0.2, 0) is 9.53 Å². The highest BCUT2D eigenvalue weighted by molar-refractivity contribution is 6.30. The lowest BCUT2D eigenvalue weighted by Gasteiger charge is -2.39. The maximum Gasteiger partial charge on any atom is 0.407 e. The van der Waals surface area contributed by atoms with Crippen LogP contribution in [0, 0.1) is 0 Å². The van der Waals surface area contributed by atoms with Crippen molar-refractivity contribution >= 4 is 29.3 Å². The van der Waals surface area contributed by atoms with Crippen molar-refractivity contribution in [3.63, 3.8) is 0 Å². The predicted molar refractivity (Wildman–Crippen MR) is 116 cm³/mol. The number of hydrogen-bond acceptors (Lipinski definition) is 6. The number of ketones is 2. The first-order valence-electron chi connectivity index (χ1n) is 10.7. The number of cyclic esters (lactones) is 1. The number of alkyl carbamates (subject to hydrolysis) is 1. The lowest BCUT2D eigenvalue weighted by atomic mass is 9.83. The van der Waals surface area contributed by atoms with Crippen LogP contribution in [0.4, 0.5) is 10.5 Å². The first-order chi connectivity index (χ1) is 15.4. The highest BCUT2D eigenvalue weighted by atomic mass is 16.6. The molecule has 0 radical (unpaired) electrons. The normalized spacial score (nSPS) is 20.2. The molecule has 8 nitrogen and oxygen atoms in total. The zero-order valence-corrected chi connectivity index (χ0v) is 17.6. The fourth-order valence-electron chi connectivity index (χ4n) is 4.75. The van der Waals surface area contributed by atoms with E-state index < -0.39 is 6.04 Å². The highest BCUT2D eigenvalue weighted by Gasteiger charge is 2.43. The summed E-state index contributed by atoms with van der Waals surface area (Å²) in [6, 6.07) is 11.2. The van der Waals surface area contributed by atoms with Gasteiger partial charge in [-0.25, -0.2) is 4.79 Å². The molecular formula is C24H23N3O5. The van der Waals surface area contributed by atoms with Gasteiger partial charge in [0.1, 0.15) is 6.61 Å². The van der Waals surface area contributed by atoms with Gasteiger partial charge in [-0.2, -0.15) is 0 Å². The van der Waals surface area contributed by atoms with Crippen LogP contribution in [-0.4, -0.2) is 59.7 Å². The number of anilines is 1. The van der Waals surface area contributed by atoms with Gasteiger partial charge in [0, 0.05) is 29.8 Å². The summed E-state index contributed by atoms with van der Waals surface area (Å²) in [7, 11) is 0. The van der Waals surface area contributed by atoms with Crippen molar-refractivity contribution in [3.8, 4) is 0 Å². The molecule has 0 saturated carbocycles. The minimum atomic E-state index is -0.442. The third kappa shape index (κ3) is 3.27. The number of benzene rings is 2. The van der Waals surface area contributed by atoms with Crippen molar-refractivity contribution in [1.82, 2.24) is 10.2 Å². The molecule has 1 spiro atoms. The number of carbonyl (C=O) groups is 4. The average molecular weight is 433 g/mol. The Morgan fingerprint density at radius 2 is 1.66 bits per heavy atom. The fourth-order valence-corrected chi connectivity index (χ4v) is 4.75. The Balaban J connectivity index is 1.33. The second kappa shape index (κ2) is 7.56. The van der Waals surface area contributed by atoms with Gasteiger partial charge in [0.05, 0.1) is 22.8 Å². The van der Waals surface area contributed by atoms with Gasteiger partial charge >= 0.3 is 6.09 Å². The second-order valence-electron chi connectivity index (χ2n) is 8.61. The fraction of sp³-hybridized carbons (Fsp3) is 0.333. The molecule has 32 heavy (non-hydrogen) atoms. The topological polar surface area (TPSA) is 105 Å². The molecule has 164 valence electrons. The van der Waals surface area contributed by atoms with Crippen LogP contribution in [0.25, 0.3) is 0 Å². The number of amides is 2. The van der Waals surface area contributed by atoms with Crippen LogP contribution < -0.4 is 10.6 Å². The van der Waals surface area contributed by atoms with E-state index in [0.717, 1.165) is 0 Å². The molecule has 2 aliphatic heterocycles. The number of nitrogens with one attached hydrogen (secondary N) is 2. The molecule has 1 unspecified atom stereocenters. The van der Waals surface area contributed by atoms with Crippen molar-refractivity contribution < 1.29 is 23.9 Å². The third-order valence-electron chi connectivity index (χ3n) is 6.74. The monoisotopic (exact) mass is 433 g/mol. The number of likely N-dealkylation sites (tertiary alicyclic amines) is 1. The molecule has 5 rings (SSSR count). The molecule has 2 amide bonds. The molecule has 2 saturated heterocycles. The first-order valence-corrected chi connectivity index (χ1v) is 10.7. The average Bonchev–Trinajstić information content (AvgIpc) is 3.17. The number of fused-ring (bicyclic) bond motifs is 2. The van der Waals surface area contributed by atoms with Gasteiger partial charge in [-0.05, 0) is 25.8 Å². The van der Waals surface area contributed by atoms with E-state index in [-0.39, 0.29) is 34.7 Å². The number of nitrogens with zero attached hydrogens (tertiary/aromatic N) is 1. The van der Waals surface area contributed by atoms with E-state index in [1.54, 1.807) is 42.5 Å². The summed E-state index contributed by atoms with van der Waals surface area (Å²) in [5.41, 5.74) is 1.27. The smallest absolute Gasteiger partial charge is 0.407 e. The summed E-state index contributed by atoms with van der Waals surface area (Å²) in [5, 5.41) is 5.76. The highest BCUT2D eigenvalue weighted by Crippen LogP contribution is 2.32. The Morgan fingerprint density at radius 1 is 1.00 bits per heavy atom. The Kier molecular flexibility index (Phi) is 4.82. The lowest BCUT2D eigenvalue weighted by Crippen LogP contribution is -2.55. The Labute approximate surface area is 184 Å². The van der Waals surface area contributed by atoms with Crippen LogP contribution >= 0.6 is 0 Å². The minimum absolute atomic E-state index is 0.221. The molecule has 2 heterocycles. The molecule has 1 atom stereocenters. The quantitative estimate of drug-likeness (QED) is 0.657. The van der Waals surface area contributed by atoms with Gasteiger partial charge in [-0.3, -0.25) is 19.3 Å². The number of rotatable bonds is 3. The molecular weight excluding hydrogens is 410 g/mol. The maximum atomic E-state index is 13.1. The van der Waals surface area contributed by atoms with Crippen LogP contribution in [0.1, 0.15) is 51.6 Å². The van der Waals surface area contributed by atoms with E-state index in [4.69, 9.17) is 4.74 Å². The zero-order valence-electron chi connectivity index (χ0n) is 17.6. The van der Waals surface area contributed by atoms with Crippen molar-refractivity contribution in [2.24, 2.45) is 0 Å². The summed E-state index contributed by atoms with van der Waals surface area (Å²) >= 11 is 0. The molecule has 2 N–H and O–H groups in total. The predicted octanol–water partition coefficient (Wildman–Crippen LogP) is 2.36. The zero-order chi connectivity index (χ0) is 22.5. The summed E-state index contributed by atoms with van der Waals surface area (Å²) in [6.45, 7) is 3.44. The van der Waals surface area contributed by atoms with Crippen molar-refractivity contribution in [2.75, 3.05) is 25.0 Å². The number of ether oxygens (including phenoxy) is 1. The number of piperidine rings is 1. The third-order valence-corrected chi connectivity index (χ3v) is 6.74. The molecule has 2 aromatic rings. The van der Waals surface area contributed by atoms with Crippen molar-refractivity contribution in [2.45, 2.75) is 31.3 Å². The number of carbonyl (C=O) groups excluding carboxylic acids is 4. The van der Waals surface area contributed by atoms with Crippen LogP contribution in [0.3, 0.4) is 0 Å². The van der Waals surface area contributed by atoms with E-state index in [1.807, 2.05) is 11.8 Å². The molecule has 1 aliphatic carbocycles. The molecule has 0 bridgehead atoms. The van der Waals surface area contributed by atoms with E-state index in [2.05, 4.69) is 10.6 Å². The summed E-state index contributed by atoms with van der Waals surface area (Å²) < 4.78 is 5.06. The van der Waals surface area contributed by atoms with Crippen molar-refractivity contribution in [3.05, 3.63) is 64.7 Å². The standard InChI is InChI=1S/C24H23N3O5/c1-14(27-11-9-24(10-12-27)13-32-23(31)26-24)22(30)25-18-8-4-7-17-19(18)21(29)16-6-3-2-5-15(16)20(17)28/h2-8,14H,9-13H2,1H3,(H,25,30)(H,26,31). The van der Waals surface area contributed by atoms with E-state index in [9.17, 15) is 19.2 Å². The van der Waals surface area contributed by atoms with Gasteiger partial charge in [0.25, 0.3) is 0 Å². The van der Waals surface area contributed by atoms with Gasteiger partial charge in [0.15, 0.2) is 11.6 Å². The molecule has 0 aromatic heterocycles. The largest absolute Gasteiger partial charge is 0.447 e. The Morgan fingerprint density at radius 3 is 2.31 bits per heavy atom. The Hall–Kier alpha value is -3.52. The maximum absolute atomic E-state index is 13.1. The van der Waals surface area contributed by atoms with Crippen LogP contribution in [0.2, 0.25) is 0 Å². The number of hydrogen-bond donors (Lipinski definition) is 2. The molecule has 2 aromatic carbocycles. The first kappa shape index (κ1) is 20.4.